The summed E-state index contributed by atoms with van der Waals surface area (Å²) in [6, 6.07) is 64.6. The van der Waals surface area contributed by atoms with Crippen molar-refractivity contribution < 1.29 is 4.42 Å². The highest BCUT2D eigenvalue weighted by Gasteiger charge is 2.54. The van der Waals surface area contributed by atoms with Gasteiger partial charge >= 0.3 is 0 Å². The topological polar surface area (TPSA) is 38.9 Å². The molecule has 7 aromatic carbocycles. The average molecular weight is 663 g/mol. The molecule has 242 valence electrons. The van der Waals surface area contributed by atoms with Gasteiger partial charge in [-0.15, -0.1) is 0 Å². The van der Waals surface area contributed by atoms with E-state index in [1.54, 1.807) is 0 Å². The van der Waals surface area contributed by atoms with Crippen LogP contribution < -0.4 is 0 Å². The van der Waals surface area contributed by atoms with Crippen LogP contribution in [0.1, 0.15) is 22.3 Å². The van der Waals surface area contributed by atoms with E-state index in [-0.39, 0.29) is 0 Å². The zero-order chi connectivity index (χ0) is 34.2. The number of para-hydroxylation sites is 1. The van der Waals surface area contributed by atoms with E-state index < -0.39 is 5.41 Å². The van der Waals surface area contributed by atoms with E-state index in [1.807, 2.05) is 24.3 Å². The Morgan fingerprint density at radius 2 is 0.923 bits per heavy atom. The van der Waals surface area contributed by atoms with Crippen LogP contribution in [0.2, 0.25) is 0 Å². The van der Waals surface area contributed by atoms with Crippen LogP contribution in [-0.2, 0) is 5.41 Å². The minimum atomic E-state index is -0.491. The second kappa shape index (κ2) is 11.1. The molecule has 0 saturated carbocycles. The normalized spacial score (nSPS) is 15.0. The van der Waals surface area contributed by atoms with E-state index in [2.05, 4.69) is 158 Å². The highest BCUT2D eigenvalue weighted by molar-refractivity contribution is 6.02. The molecule has 2 aromatic heterocycles. The first kappa shape index (κ1) is 28.9. The number of rotatable bonds is 4. The number of hydrogen-bond donors (Lipinski definition) is 0. The largest absolute Gasteiger partial charge is 0.456 e. The van der Waals surface area contributed by atoms with Crippen molar-refractivity contribution in [1.82, 2.24) is 9.97 Å². The van der Waals surface area contributed by atoms with Crippen molar-refractivity contribution in [1.29, 1.82) is 0 Å². The Hall–Kier alpha value is -6.84. The lowest BCUT2D eigenvalue weighted by atomic mass is 9.70. The number of hydrogen-bond acceptors (Lipinski definition) is 3. The monoisotopic (exact) mass is 662 g/mol. The summed E-state index contributed by atoms with van der Waals surface area (Å²) < 4.78 is 6.67. The highest BCUT2D eigenvalue weighted by Crippen LogP contribution is 2.65. The maximum atomic E-state index is 6.67. The Balaban J connectivity index is 1.12. The van der Waals surface area contributed by atoms with Crippen LogP contribution in [0.15, 0.2) is 186 Å². The van der Waals surface area contributed by atoms with E-state index in [9.17, 15) is 0 Å². The summed E-state index contributed by atoms with van der Waals surface area (Å²) in [5.41, 5.74) is 16.3. The molecule has 2 heterocycles. The number of benzene rings is 7. The van der Waals surface area contributed by atoms with Gasteiger partial charge in [0, 0.05) is 33.2 Å². The SMILES string of the molecule is c1ccc(-c2ccc(-c3cc(-c4ccc5c(c4)-c4ccccc4C54c5ccccc5-c5oc6ccccc6c54)nc(-c4ccccc4)n3)cc2)cc1. The molecule has 2 aliphatic rings. The molecule has 0 N–H and O–H groups in total. The first-order chi connectivity index (χ1) is 25.8. The van der Waals surface area contributed by atoms with Gasteiger partial charge in [-0.1, -0.05) is 164 Å². The average Bonchev–Trinajstić information content (AvgIpc) is 3.85. The van der Waals surface area contributed by atoms with Gasteiger partial charge in [0.15, 0.2) is 5.82 Å². The Morgan fingerprint density at radius 1 is 0.385 bits per heavy atom. The molecule has 0 radical (unpaired) electrons. The number of aromatic nitrogens is 2. The summed E-state index contributed by atoms with van der Waals surface area (Å²) >= 11 is 0. The molecule has 2 aliphatic carbocycles. The van der Waals surface area contributed by atoms with E-state index in [1.165, 1.54) is 44.5 Å². The molecule has 1 atom stereocenters. The number of furan rings is 1. The number of fused-ring (bicyclic) bond motifs is 12. The summed E-state index contributed by atoms with van der Waals surface area (Å²) in [6.07, 6.45) is 0. The lowest BCUT2D eigenvalue weighted by Gasteiger charge is -2.29. The molecule has 0 bridgehead atoms. The molecule has 52 heavy (non-hydrogen) atoms. The van der Waals surface area contributed by atoms with Gasteiger partial charge in [0.1, 0.15) is 11.3 Å². The van der Waals surface area contributed by atoms with Gasteiger partial charge in [-0.25, -0.2) is 9.97 Å². The lowest BCUT2D eigenvalue weighted by Crippen LogP contribution is -2.25. The second-order valence-electron chi connectivity index (χ2n) is 13.7. The molecular formula is C49H30N2O. The maximum Gasteiger partial charge on any atom is 0.160 e. The Kier molecular flexibility index (Phi) is 6.17. The van der Waals surface area contributed by atoms with Gasteiger partial charge < -0.3 is 4.42 Å². The summed E-state index contributed by atoms with van der Waals surface area (Å²) in [6.45, 7) is 0. The van der Waals surface area contributed by atoms with Crippen molar-refractivity contribution in [2.45, 2.75) is 5.41 Å². The van der Waals surface area contributed by atoms with Crippen molar-refractivity contribution >= 4 is 11.0 Å². The van der Waals surface area contributed by atoms with E-state index in [4.69, 9.17) is 14.4 Å². The molecule has 3 heteroatoms. The molecule has 0 saturated heterocycles. The van der Waals surface area contributed by atoms with Gasteiger partial charge in [0.05, 0.1) is 16.8 Å². The van der Waals surface area contributed by atoms with Crippen LogP contribution >= 0.6 is 0 Å². The Morgan fingerprint density at radius 3 is 1.69 bits per heavy atom. The third-order valence-corrected chi connectivity index (χ3v) is 10.9. The fourth-order valence-electron chi connectivity index (χ4n) is 8.68. The lowest BCUT2D eigenvalue weighted by molar-refractivity contribution is 0.628. The van der Waals surface area contributed by atoms with Crippen LogP contribution in [0.25, 0.3) is 78.4 Å². The van der Waals surface area contributed by atoms with E-state index in [0.29, 0.717) is 5.82 Å². The minimum Gasteiger partial charge on any atom is -0.456 e. The van der Waals surface area contributed by atoms with Crippen molar-refractivity contribution in [3.63, 3.8) is 0 Å². The molecule has 11 rings (SSSR count). The van der Waals surface area contributed by atoms with Gasteiger partial charge in [-0.2, -0.15) is 0 Å². The Bertz CT molecular complexity index is 2840. The predicted molar refractivity (Wildman–Crippen MR) is 210 cm³/mol. The molecule has 3 nitrogen and oxygen atoms in total. The minimum absolute atomic E-state index is 0.491. The fourth-order valence-corrected chi connectivity index (χ4v) is 8.68. The van der Waals surface area contributed by atoms with Gasteiger partial charge in [0.25, 0.3) is 0 Å². The standard InChI is InChI=1S/C49H30N2O/c1-3-13-31(14-4-1)32-23-25-33(26-24-32)43-30-44(51-48(50-43)34-15-5-2-6-16-34)35-27-28-42-39(29-35)36-17-7-10-20-40(36)49(42)41-21-11-8-18-37(41)47-46(49)38-19-9-12-22-45(38)52-47/h1-30H. The molecule has 1 unspecified atom stereocenters. The fraction of sp³-hybridized carbons (Fsp3) is 0.0204. The summed E-state index contributed by atoms with van der Waals surface area (Å²) in [4.78, 5) is 10.3. The van der Waals surface area contributed by atoms with Crippen LogP contribution in [0.3, 0.4) is 0 Å². The van der Waals surface area contributed by atoms with Crippen molar-refractivity contribution in [3.8, 4) is 67.5 Å². The quantitative estimate of drug-likeness (QED) is 0.188. The molecule has 0 amide bonds. The van der Waals surface area contributed by atoms with Crippen LogP contribution in [0.4, 0.5) is 0 Å². The van der Waals surface area contributed by atoms with Gasteiger partial charge in [0.2, 0.25) is 0 Å². The predicted octanol–water partition coefficient (Wildman–Crippen LogP) is 12.2. The third kappa shape index (κ3) is 4.08. The molecule has 1 spiro atoms. The first-order valence-corrected chi connectivity index (χ1v) is 17.7. The van der Waals surface area contributed by atoms with Crippen LogP contribution in [0, 0.1) is 0 Å². The highest BCUT2D eigenvalue weighted by atomic mass is 16.3. The zero-order valence-corrected chi connectivity index (χ0v) is 28.1. The third-order valence-electron chi connectivity index (χ3n) is 10.9. The van der Waals surface area contributed by atoms with Crippen molar-refractivity contribution in [2.75, 3.05) is 0 Å². The van der Waals surface area contributed by atoms with Crippen LogP contribution in [-0.4, -0.2) is 9.97 Å². The van der Waals surface area contributed by atoms with Crippen molar-refractivity contribution in [2.24, 2.45) is 0 Å². The smallest absolute Gasteiger partial charge is 0.160 e. The molecule has 9 aromatic rings. The molecule has 0 aliphatic heterocycles. The first-order valence-electron chi connectivity index (χ1n) is 17.7. The summed E-state index contributed by atoms with van der Waals surface area (Å²) in [5.74, 6) is 1.67. The maximum absolute atomic E-state index is 6.67. The molecule has 0 fully saturated rings. The van der Waals surface area contributed by atoms with E-state index >= 15 is 0 Å². The summed E-state index contributed by atoms with van der Waals surface area (Å²) in [7, 11) is 0. The van der Waals surface area contributed by atoms with Crippen LogP contribution in [0.5, 0.6) is 0 Å². The van der Waals surface area contributed by atoms with Gasteiger partial charge in [-0.3, -0.25) is 0 Å². The molecular weight excluding hydrogens is 633 g/mol. The number of nitrogens with zero attached hydrogens (tertiary/aromatic N) is 2. The zero-order valence-electron chi connectivity index (χ0n) is 28.1. The van der Waals surface area contributed by atoms with Gasteiger partial charge in [-0.05, 0) is 57.1 Å². The summed E-state index contributed by atoms with van der Waals surface area (Å²) in [5, 5.41) is 1.16. The van der Waals surface area contributed by atoms with E-state index in [0.717, 1.165) is 50.4 Å². The Labute approximate surface area is 301 Å². The second-order valence-corrected chi connectivity index (χ2v) is 13.7. The van der Waals surface area contributed by atoms with Crippen molar-refractivity contribution in [3.05, 3.63) is 204 Å².